The van der Waals surface area contributed by atoms with Crippen molar-refractivity contribution in [2.24, 2.45) is 11.3 Å². The number of amides is 3. The molecule has 3 rings (SSSR count). The number of nitrogens with one attached hydrogen (secondary N) is 2. The molecule has 1 heterocycles. The first kappa shape index (κ1) is 17.5. The van der Waals surface area contributed by atoms with Crippen molar-refractivity contribution in [2.75, 3.05) is 33.4 Å². The van der Waals surface area contributed by atoms with E-state index in [1.165, 1.54) is 6.42 Å². The Morgan fingerprint density at radius 3 is 2.54 bits per heavy atom. The zero-order chi connectivity index (χ0) is 17.0. The molecule has 6 heteroatoms. The van der Waals surface area contributed by atoms with Gasteiger partial charge in [0.2, 0.25) is 5.91 Å². The highest BCUT2D eigenvalue weighted by Crippen LogP contribution is 2.40. The van der Waals surface area contributed by atoms with Gasteiger partial charge in [0.25, 0.3) is 0 Å². The Kier molecular flexibility index (Phi) is 5.64. The van der Waals surface area contributed by atoms with Crippen LogP contribution in [-0.4, -0.2) is 56.2 Å². The molecule has 2 aliphatic carbocycles. The monoisotopic (exact) mass is 337 g/mol. The fraction of sp³-hybridized carbons (Fsp3) is 0.889. The maximum absolute atomic E-state index is 12.4. The van der Waals surface area contributed by atoms with Crippen molar-refractivity contribution in [3.05, 3.63) is 0 Å². The lowest BCUT2D eigenvalue weighted by Crippen LogP contribution is -2.49. The third-order valence-corrected chi connectivity index (χ3v) is 6.02. The molecule has 2 N–H and O–H groups in total. The number of likely N-dealkylation sites (tertiary alicyclic amines) is 1. The smallest absolute Gasteiger partial charge is 0.315 e. The Morgan fingerprint density at radius 2 is 1.92 bits per heavy atom. The van der Waals surface area contributed by atoms with Crippen molar-refractivity contribution in [3.8, 4) is 0 Å². The van der Waals surface area contributed by atoms with Crippen molar-refractivity contribution in [1.82, 2.24) is 15.5 Å². The number of carbonyl (C=O) groups is 2. The van der Waals surface area contributed by atoms with Crippen molar-refractivity contribution < 1.29 is 14.3 Å². The molecular weight excluding hydrogens is 306 g/mol. The normalized spacial score (nSPS) is 28.5. The van der Waals surface area contributed by atoms with Gasteiger partial charge in [-0.25, -0.2) is 4.79 Å². The van der Waals surface area contributed by atoms with Gasteiger partial charge in [-0.1, -0.05) is 6.42 Å². The fourth-order valence-corrected chi connectivity index (χ4v) is 4.39. The Hall–Kier alpha value is -1.30. The molecule has 0 aromatic carbocycles. The molecule has 136 valence electrons. The topological polar surface area (TPSA) is 70.7 Å². The van der Waals surface area contributed by atoms with Crippen LogP contribution < -0.4 is 10.6 Å². The summed E-state index contributed by atoms with van der Waals surface area (Å²) in [7, 11) is 1.72. The van der Waals surface area contributed by atoms with Crippen LogP contribution in [0, 0.1) is 11.3 Å². The van der Waals surface area contributed by atoms with E-state index in [-0.39, 0.29) is 23.4 Å². The highest BCUT2D eigenvalue weighted by molar-refractivity contribution is 5.80. The highest BCUT2D eigenvalue weighted by Gasteiger charge is 2.38. The predicted octanol–water partition coefficient (Wildman–Crippen LogP) is 1.89. The van der Waals surface area contributed by atoms with Gasteiger partial charge in [0.05, 0.1) is 6.61 Å². The van der Waals surface area contributed by atoms with E-state index in [1.54, 1.807) is 7.11 Å². The molecule has 0 spiro atoms. The average Bonchev–Trinajstić information content (AvgIpc) is 3.20. The van der Waals surface area contributed by atoms with Gasteiger partial charge < -0.3 is 20.3 Å². The Bertz CT molecular complexity index is 458. The van der Waals surface area contributed by atoms with E-state index < -0.39 is 0 Å². The lowest BCUT2D eigenvalue weighted by Gasteiger charge is -2.41. The van der Waals surface area contributed by atoms with Crippen LogP contribution in [-0.2, 0) is 9.53 Å². The second-order valence-corrected chi connectivity index (χ2v) is 7.85. The van der Waals surface area contributed by atoms with Crippen molar-refractivity contribution in [2.45, 2.75) is 57.4 Å². The summed E-state index contributed by atoms with van der Waals surface area (Å²) >= 11 is 0. The summed E-state index contributed by atoms with van der Waals surface area (Å²) in [5, 5.41) is 6.07. The van der Waals surface area contributed by atoms with Crippen LogP contribution >= 0.6 is 0 Å². The molecule has 0 bridgehead atoms. The van der Waals surface area contributed by atoms with E-state index in [0.717, 1.165) is 58.0 Å². The van der Waals surface area contributed by atoms with E-state index >= 15 is 0 Å². The quantitative estimate of drug-likeness (QED) is 0.777. The van der Waals surface area contributed by atoms with Crippen molar-refractivity contribution >= 4 is 11.9 Å². The van der Waals surface area contributed by atoms with Crippen LogP contribution in [0.15, 0.2) is 0 Å². The summed E-state index contributed by atoms with van der Waals surface area (Å²) in [6.07, 6.45) is 8.31. The Balaban J connectivity index is 1.38. The third kappa shape index (κ3) is 4.02. The van der Waals surface area contributed by atoms with Gasteiger partial charge in [-0.3, -0.25) is 4.79 Å². The number of hydrogen-bond donors (Lipinski definition) is 2. The second-order valence-electron chi connectivity index (χ2n) is 7.85. The number of rotatable bonds is 6. The van der Waals surface area contributed by atoms with E-state index in [0.29, 0.717) is 19.1 Å². The number of ether oxygens (including phenoxy) is 1. The fourth-order valence-electron chi connectivity index (χ4n) is 4.39. The molecular formula is C18H31N3O3. The van der Waals surface area contributed by atoms with Gasteiger partial charge in [0.1, 0.15) is 0 Å². The first-order valence-corrected chi connectivity index (χ1v) is 9.44. The van der Waals surface area contributed by atoms with Gasteiger partial charge in [0, 0.05) is 44.1 Å². The number of methoxy groups -OCH3 is 1. The minimum absolute atomic E-state index is 0.0971. The summed E-state index contributed by atoms with van der Waals surface area (Å²) in [5.74, 6) is 0.394. The average molecular weight is 337 g/mol. The van der Waals surface area contributed by atoms with E-state index in [1.807, 2.05) is 4.90 Å². The number of hydrogen-bond acceptors (Lipinski definition) is 3. The lowest BCUT2D eigenvalue weighted by molar-refractivity contribution is -0.134. The van der Waals surface area contributed by atoms with Gasteiger partial charge in [-0.15, -0.1) is 0 Å². The molecule has 0 radical (unpaired) electrons. The van der Waals surface area contributed by atoms with E-state index in [2.05, 4.69) is 10.6 Å². The van der Waals surface area contributed by atoms with Gasteiger partial charge in [-0.2, -0.15) is 0 Å². The van der Waals surface area contributed by atoms with Crippen LogP contribution in [0.2, 0.25) is 0 Å². The Labute approximate surface area is 144 Å². The van der Waals surface area contributed by atoms with Crippen LogP contribution in [0.4, 0.5) is 4.79 Å². The molecule has 1 saturated heterocycles. The van der Waals surface area contributed by atoms with Crippen LogP contribution in [0.5, 0.6) is 0 Å². The van der Waals surface area contributed by atoms with E-state index in [9.17, 15) is 9.59 Å². The first-order chi connectivity index (χ1) is 11.6. The standard InChI is InChI=1S/C18H31N3O3/c1-24-13-18(7-4-8-18)12-19-17(23)20-15-6-5-14(11-15)16(22)21-9-2-3-10-21/h14-15H,2-13H2,1H3,(H2,19,20,23)/t14-,15+/m1/s1. The van der Waals surface area contributed by atoms with Crippen molar-refractivity contribution in [1.29, 1.82) is 0 Å². The molecule has 24 heavy (non-hydrogen) atoms. The number of carbonyl (C=O) groups excluding carboxylic acids is 2. The maximum Gasteiger partial charge on any atom is 0.315 e. The van der Waals surface area contributed by atoms with Crippen molar-refractivity contribution in [3.63, 3.8) is 0 Å². The predicted molar refractivity (Wildman–Crippen MR) is 91.6 cm³/mol. The highest BCUT2D eigenvalue weighted by atomic mass is 16.5. The van der Waals surface area contributed by atoms with Crippen LogP contribution in [0.1, 0.15) is 51.4 Å². The molecule has 0 aromatic heterocycles. The molecule has 1 aliphatic heterocycles. The largest absolute Gasteiger partial charge is 0.384 e. The molecule has 3 fully saturated rings. The molecule has 2 saturated carbocycles. The number of urea groups is 1. The summed E-state index contributed by atoms with van der Waals surface area (Å²) in [6.45, 7) is 3.21. The molecule has 3 amide bonds. The van der Waals surface area contributed by atoms with Gasteiger partial charge >= 0.3 is 6.03 Å². The Morgan fingerprint density at radius 1 is 1.17 bits per heavy atom. The zero-order valence-corrected chi connectivity index (χ0v) is 14.8. The SMILES string of the molecule is COCC1(CNC(=O)N[C@H]2CC[C@@H](C(=O)N3CCCC3)C2)CCC1. The van der Waals surface area contributed by atoms with Gasteiger partial charge in [-0.05, 0) is 44.9 Å². The summed E-state index contributed by atoms with van der Waals surface area (Å²) in [4.78, 5) is 26.6. The molecule has 3 aliphatic rings. The molecule has 6 nitrogen and oxygen atoms in total. The maximum atomic E-state index is 12.4. The molecule has 2 atom stereocenters. The van der Waals surface area contributed by atoms with Crippen LogP contribution in [0.25, 0.3) is 0 Å². The number of nitrogens with zero attached hydrogens (tertiary/aromatic N) is 1. The summed E-state index contributed by atoms with van der Waals surface area (Å²) in [5.41, 5.74) is 0.135. The molecule has 0 unspecified atom stereocenters. The third-order valence-electron chi connectivity index (χ3n) is 6.02. The first-order valence-electron chi connectivity index (χ1n) is 9.44. The minimum atomic E-state index is -0.100. The van der Waals surface area contributed by atoms with Crippen LogP contribution in [0.3, 0.4) is 0 Å². The van der Waals surface area contributed by atoms with E-state index in [4.69, 9.17) is 4.74 Å². The summed E-state index contributed by atoms with van der Waals surface area (Å²) < 4.78 is 5.29. The molecule has 0 aromatic rings. The second kappa shape index (κ2) is 7.72. The van der Waals surface area contributed by atoms with Gasteiger partial charge in [0.15, 0.2) is 0 Å². The zero-order valence-electron chi connectivity index (χ0n) is 14.8. The lowest BCUT2D eigenvalue weighted by atomic mass is 9.69. The summed E-state index contributed by atoms with van der Waals surface area (Å²) in [6, 6.07) is 0.0259. The minimum Gasteiger partial charge on any atom is -0.384 e.